The van der Waals surface area contributed by atoms with Gasteiger partial charge in [-0.05, 0) is 12.1 Å². The number of ether oxygens (including phenoxy) is 3. The van der Waals surface area contributed by atoms with Gasteiger partial charge in [0, 0.05) is 11.1 Å². The first kappa shape index (κ1) is 10.7. The third-order valence-corrected chi connectivity index (χ3v) is 3.67. The van der Waals surface area contributed by atoms with Crippen LogP contribution in [0.1, 0.15) is 17.0 Å². The Morgan fingerprint density at radius 2 is 1.53 bits per heavy atom. The van der Waals surface area contributed by atoms with Gasteiger partial charge in [-0.2, -0.15) is 0 Å². The van der Waals surface area contributed by atoms with Crippen molar-refractivity contribution in [3.63, 3.8) is 0 Å². The summed E-state index contributed by atoms with van der Waals surface area (Å²) in [5.74, 6) is 2.92. The number of hydrogen-bond donors (Lipinski definition) is 0. The molecule has 3 nitrogen and oxygen atoms in total. The lowest BCUT2D eigenvalue weighted by Crippen LogP contribution is -2.17. The average molecular weight is 254 g/mol. The Balaban J connectivity index is 1.82. The molecule has 0 N–H and O–H groups in total. The second-order valence-corrected chi connectivity index (χ2v) is 4.77. The summed E-state index contributed by atoms with van der Waals surface area (Å²) in [6.45, 7) is 1.90. The second-order valence-electron chi connectivity index (χ2n) is 4.77. The molecule has 0 spiro atoms. The van der Waals surface area contributed by atoms with E-state index >= 15 is 0 Å². The maximum atomic E-state index is 5.80. The summed E-state index contributed by atoms with van der Waals surface area (Å²) in [5, 5.41) is 0. The molecule has 0 fully saturated rings. The van der Waals surface area contributed by atoms with Crippen LogP contribution >= 0.6 is 0 Å². The standard InChI is InChI=1S/C16H14O3/c1-2-6-14-11(4-1)13(10-19-14)12-5-3-7-15-16(12)18-9-8-17-15/h1-7,13H,8-10H2. The van der Waals surface area contributed by atoms with Crippen LogP contribution in [-0.2, 0) is 0 Å². The molecule has 0 saturated heterocycles. The molecule has 0 amide bonds. The largest absolute Gasteiger partial charge is 0.492 e. The Labute approximate surface area is 111 Å². The second kappa shape index (κ2) is 4.19. The summed E-state index contributed by atoms with van der Waals surface area (Å²) < 4.78 is 17.2. The highest BCUT2D eigenvalue weighted by atomic mass is 16.6. The van der Waals surface area contributed by atoms with E-state index in [4.69, 9.17) is 14.2 Å². The van der Waals surface area contributed by atoms with Gasteiger partial charge in [-0.15, -0.1) is 0 Å². The molecular weight excluding hydrogens is 240 g/mol. The van der Waals surface area contributed by atoms with Gasteiger partial charge in [0.05, 0.1) is 12.5 Å². The summed E-state index contributed by atoms with van der Waals surface area (Å²) in [4.78, 5) is 0. The van der Waals surface area contributed by atoms with Gasteiger partial charge in [-0.3, -0.25) is 0 Å². The molecule has 2 heterocycles. The van der Waals surface area contributed by atoms with E-state index in [1.165, 1.54) is 5.56 Å². The van der Waals surface area contributed by atoms with Crippen molar-refractivity contribution in [2.24, 2.45) is 0 Å². The summed E-state index contributed by atoms with van der Waals surface area (Å²) in [5.41, 5.74) is 2.38. The molecule has 0 bridgehead atoms. The van der Waals surface area contributed by atoms with Crippen LogP contribution in [0.25, 0.3) is 0 Å². The monoisotopic (exact) mass is 254 g/mol. The van der Waals surface area contributed by atoms with Crippen LogP contribution < -0.4 is 14.2 Å². The third-order valence-electron chi connectivity index (χ3n) is 3.67. The smallest absolute Gasteiger partial charge is 0.165 e. The summed E-state index contributed by atoms with van der Waals surface area (Å²) >= 11 is 0. The lowest BCUT2D eigenvalue weighted by Gasteiger charge is -2.23. The Morgan fingerprint density at radius 3 is 2.53 bits per heavy atom. The topological polar surface area (TPSA) is 27.7 Å². The van der Waals surface area contributed by atoms with Crippen LogP contribution in [0.15, 0.2) is 42.5 Å². The van der Waals surface area contributed by atoms with Gasteiger partial charge < -0.3 is 14.2 Å². The van der Waals surface area contributed by atoms with Gasteiger partial charge in [0.1, 0.15) is 19.0 Å². The SMILES string of the molecule is c1ccc2c(c1)OCC2c1cccc2c1OCCO2. The van der Waals surface area contributed by atoms with Crippen molar-refractivity contribution in [1.82, 2.24) is 0 Å². The van der Waals surface area contributed by atoms with Crippen LogP contribution in [0, 0.1) is 0 Å². The van der Waals surface area contributed by atoms with Gasteiger partial charge >= 0.3 is 0 Å². The minimum absolute atomic E-state index is 0.229. The van der Waals surface area contributed by atoms with Gasteiger partial charge in [0.25, 0.3) is 0 Å². The first-order valence-corrected chi connectivity index (χ1v) is 6.54. The fraction of sp³-hybridized carbons (Fsp3) is 0.250. The third kappa shape index (κ3) is 1.65. The molecule has 4 rings (SSSR count). The Morgan fingerprint density at radius 1 is 0.737 bits per heavy atom. The van der Waals surface area contributed by atoms with Crippen molar-refractivity contribution in [1.29, 1.82) is 0 Å². The number of fused-ring (bicyclic) bond motifs is 2. The molecule has 96 valence electrons. The average Bonchev–Trinajstić information content (AvgIpc) is 2.90. The Hall–Kier alpha value is -2.16. The van der Waals surface area contributed by atoms with Crippen LogP contribution in [-0.4, -0.2) is 19.8 Å². The molecule has 2 aromatic rings. The normalized spacial score (nSPS) is 19.7. The lowest BCUT2D eigenvalue weighted by atomic mass is 9.92. The molecule has 19 heavy (non-hydrogen) atoms. The number of para-hydroxylation sites is 2. The van der Waals surface area contributed by atoms with Crippen molar-refractivity contribution < 1.29 is 14.2 Å². The Kier molecular flexibility index (Phi) is 2.37. The predicted octanol–water partition coefficient (Wildman–Crippen LogP) is 2.98. The molecule has 2 aromatic carbocycles. The maximum Gasteiger partial charge on any atom is 0.165 e. The number of rotatable bonds is 1. The predicted molar refractivity (Wildman–Crippen MR) is 71.2 cm³/mol. The first-order chi connectivity index (χ1) is 9.43. The van der Waals surface area contributed by atoms with E-state index in [2.05, 4.69) is 12.1 Å². The minimum atomic E-state index is 0.229. The van der Waals surface area contributed by atoms with Crippen molar-refractivity contribution in [3.05, 3.63) is 53.6 Å². The molecule has 0 radical (unpaired) electrons. The van der Waals surface area contributed by atoms with E-state index in [-0.39, 0.29) is 5.92 Å². The molecule has 1 atom stereocenters. The van der Waals surface area contributed by atoms with E-state index in [0.717, 1.165) is 22.8 Å². The van der Waals surface area contributed by atoms with E-state index in [1.54, 1.807) is 0 Å². The molecule has 0 aromatic heterocycles. The molecular formula is C16H14O3. The van der Waals surface area contributed by atoms with Crippen LogP contribution in [0.3, 0.4) is 0 Å². The minimum Gasteiger partial charge on any atom is -0.492 e. The van der Waals surface area contributed by atoms with Crippen LogP contribution in [0.5, 0.6) is 17.2 Å². The quantitative estimate of drug-likeness (QED) is 0.783. The van der Waals surface area contributed by atoms with E-state index in [0.29, 0.717) is 19.8 Å². The zero-order valence-electron chi connectivity index (χ0n) is 10.5. The molecule has 0 saturated carbocycles. The van der Waals surface area contributed by atoms with E-state index in [9.17, 15) is 0 Å². The van der Waals surface area contributed by atoms with Crippen molar-refractivity contribution >= 4 is 0 Å². The number of benzene rings is 2. The fourth-order valence-corrected chi connectivity index (χ4v) is 2.79. The molecule has 3 heteroatoms. The number of hydrogen-bond acceptors (Lipinski definition) is 3. The van der Waals surface area contributed by atoms with Gasteiger partial charge in [0.15, 0.2) is 11.5 Å². The van der Waals surface area contributed by atoms with Gasteiger partial charge in [-0.1, -0.05) is 30.3 Å². The van der Waals surface area contributed by atoms with Gasteiger partial charge in [0.2, 0.25) is 0 Å². The molecule has 2 aliphatic rings. The highest BCUT2D eigenvalue weighted by molar-refractivity contribution is 5.55. The van der Waals surface area contributed by atoms with Crippen molar-refractivity contribution in [2.45, 2.75) is 5.92 Å². The zero-order valence-corrected chi connectivity index (χ0v) is 10.5. The molecule has 0 aliphatic carbocycles. The highest BCUT2D eigenvalue weighted by Gasteiger charge is 2.29. The summed E-state index contributed by atoms with van der Waals surface area (Å²) in [7, 11) is 0. The van der Waals surface area contributed by atoms with Crippen molar-refractivity contribution in [2.75, 3.05) is 19.8 Å². The van der Waals surface area contributed by atoms with Crippen LogP contribution in [0.4, 0.5) is 0 Å². The Bertz CT molecular complexity index is 621. The highest BCUT2D eigenvalue weighted by Crippen LogP contribution is 2.44. The zero-order chi connectivity index (χ0) is 12.7. The molecule has 2 aliphatic heterocycles. The van der Waals surface area contributed by atoms with E-state index in [1.807, 2.05) is 30.3 Å². The summed E-state index contributed by atoms with van der Waals surface area (Å²) in [6.07, 6.45) is 0. The maximum absolute atomic E-state index is 5.80. The molecule has 1 unspecified atom stereocenters. The first-order valence-electron chi connectivity index (χ1n) is 6.54. The van der Waals surface area contributed by atoms with Gasteiger partial charge in [-0.25, -0.2) is 0 Å². The van der Waals surface area contributed by atoms with Crippen molar-refractivity contribution in [3.8, 4) is 17.2 Å². The lowest BCUT2D eigenvalue weighted by molar-refractivity contribution is 0.169. The van der Waals surface area contributed by atoms with Crippen LogP contribution in [0.2, 0.25) is 0 Å². The fourth-order valence-electron chi connectivity index (χ4n) is 2.79. The summed E-state index contributed by atoms with van der Waals surface area (Å²) in [6, 6.07) is 14.3. The van der Waals surface area contributed by atoms with E-state index < -0.39 is 0 Å².